The first-order valence-corrected chi connectivity index (χ1v) is 10.6. The SMILES string of the molecule is COc1cccc(F)c1-c1nccc(-c2cnn(-c3cncc(N4CCN(C)CC4)n3)c2)n1. The van der Waals surface area contributed by atoms with Crippen LogP contribution in [0.2, 0.25) is 0 Å². The predicted octanol–water partition coefficient (Wildman–Crippen LogP) is 2.69. The summed E-state index contributed by atoms with van der Waals surface area (Å²) >= 11 is 0. The second-order valence-corrected chi connectivity index (χ2v) is 7.78. The lowest BCUT2D eigenvalue weighted by Gasteiger charge is -2.33. The number of hydrogen-bond acceptors (Lipinski definition) is 8. The fourth-order valence-corrected chi connectivity index (χ4v) is 3.76. The highest BCUT2D eigenvalue weighted by molar-refractivity contribution is 5.68. The van der Waals surface area contributed by atoms with Crippen molar-refractivity contribution in [1.82, 2.24) is 34.6 Å². The number of benzene rings is 1. The number of ether oxygens (including phenoxy) is 1. The minimum atomic E-state index is -0.446. The van der Waals surface area contributed by atoms with E-state index in [-0.39, 0.29) is 11.4 Å². The highest BCUT2D eigenvalue weighted by Crippen LogP contribution is 2.31. The number of rotatable bonds is 5. The van der Waals surface area contributed by atoms with Crippen LogP contribution in [0.15, 0.2) is 55.2 Å². The summed E-state index contributed by atoms with van der Waals surface area (Å²) in [6.07, 6.45) is 8.55. The van der Waals surface area contributed by atoms with E-state index >= 15 is 0 Å². The summed E-state index contributed by atoms with van der Waals surface area (Å²) in [6.45, 7) is 3.78. The molecule has 168 valence electrons. The van der Waals surface area contributed by atoms with Crippen LogP contribution in [-0.2, 0) is 0 Å². The first-order valence-electron chi connectivity index (χ1n) is 10.6. The standard InChI is InChI=1S/C23H23FN8O/c1-30-8-10-31(11-9-30)20-13-25-14-21(29-20)32-15-16(12-27-32)18-6-7-26-23(28-18)22-17(24)4-3-5-19(22)33-2/h3-7,12-15H,8-11H2,1-2H3. The minimum absolute atomic E-state index is 0.222. The fraction of sp³-hybridized carbons (Fsp3) is 0.261. The second kappa shape index (κ2) is 8.91. The predicted molar refractivity (Wildman–Crippen MR) is 122 cm³/mol. The highest BCUT2D eigenvalue weighted by Gasteiger charge is 2.18. The van der Waals surface area contributed by atoms with Crippen molar-refractivity contribution in [3.05, 3.63) is 61.1 Å². The number of halogens is 1. The molecule has 0 radical (unpaired) electrons. The fourth-order valence-electron chi connectivity index (χ4n) is 3.76. The molecule has 0 spiro atoms. The van der Waals surface area contributed by atoms with E-state index in [1.54, 1.807) is 47.7 Å². The number of methoxy groups -OCH3 is 1. The smallest absolute Gasteiger partial charge is 0.173 e. The molecule has 33 heavy (non-hydrogen) atoms. The third-order valence-corrected chi connectivity index (χ3v) is 5.62. The lowest BCUT2D eigenvalue weighted by Crippen LogP contribution is -2.44. The van der Waals surface area contributed by atoms with E-state index in [0.717, 1.165) is 37.6 Å². The summed E-state index contributed by atoms with van der Waals surface area (Å²) in [5.74, 6) is 1.61. The summed E-state index contributed by atoms with van der Waals surface area (Å²) in [7, 11) is 3.61. The molecule has 1 aliphatic heterocycles. The van der Waals surface area contributed by atoms with Gasteiger partial charge in [-0.2, -0.15) is 5.10 Å². The average molecular weight is 446 g/mol. The topological polar surface area (TPSA) is 85.1 Å². The molecule has 3 aromatic heterocycles. The van der Waals surface area contributed by atoms with Gasteiger partial charge < -0.3 is 14.5 Å². The van der Waals surface area contributed by atoms with Gasteiger partial charge in [0.1, 0.15) is 17.4 Å². The van der Waals surface area contributed by atoms with Crippen LogP contribution >= 0.6 is 0 Å². The minimum Gasteiger partial charge on any atom is -0.496 e. The summed E-state index contributed by atoms with van der Waals surface area (Å²) < 4.78 is 21.5. The maximum Gasteiger partial charge on any atom is 0.173 e. The van der Waals surface area contributed by atoms with Gasteiger partial charge in [0, 0.05) is 44.1 Å². The van der Waals surface area contributed by atoms with E-state index in [0.29, 0.717) is 17.3 Å². The molecule has 1 aromatic carbocycles. The van der Waals surface area contributed by atoms with E-state index in [9.17, 15) is 4.39 Å². The molecule has 4 heterocycles. The van der Waals surface area contributed by atoms with Crippen molar-refractivity contribution in [2.45, 2.75) is 0 Å². The molecule has 0 unspecified atom stereocenters. The van der Waals surface area contributed by atoms with Crippen molar-refractivity contribution in [2.24, 2.45) is 0 Å². The molecule has 5 rings (SSSR count). The van der Waals surface area contributed by atoms with Gasteiger partial charge in [-0.3, -0.25) is 4.98 Å². The van der Waals surface area contributed by atoms with Crippen molar-refractivity contribution in [2.75, 3.05) is 45.2 Å². The summed E-state index contributed by atoms with van der Waals surface area (Å²) in [5, 5.41) is 4.44. The lowest BCUT2D eigenvalue weighted by atomic mass is 10.1. The number of anilines is 1. The Labute approximate surface area is 190 Å². The zero-order valence-electron chi connectivity index (χ0n) is 18.4. The van der Waals surface area contributed by atoms with Crippen LogP contribution in [0.4, 0.5) is 10.2 Å². The zero-order valence-corrected chi connectivity index (χ0v) is 18.4. The van der Waals surface area contributed by atoms with Crippen molar-refractivity contribution in [3.8, 4) is 34.2 Å². The molecule has 1 aliphatic rings. The Morgan fingerprint density at radius 3 is 2.61 bits per heavy atom. The van der Waals surface area contributed by atoms with Crippen LogP contribution in [0.25, 0.3) is 28.5 Å². The van der Waals surface area contributed by atoms with Crippen LogP contribution in [-0.4, -0.2) is 75.0 Å². The molecular formula is C23H23FN8O. The van der Waals surface area contributed by atoms with Crippen molar-refractivity contribution in [1.29, 1.82) is 0 Å². The number of hydrogen-bond donors (Lipinski definition) is 0. The normalized spacial score (nSPS) is 14.5. The number of aromatic nitrogens is 6. The van der Waals surface area contributed by atoms with Gasteiger partial charge in [-0.05, 0) is 25.2 Å². The molecule has 1 fully saturated rings. The molecule has 4 aromatic rings. The molecule has 10 heteroatoms. The third-order valence-electron chi connectivity index (χ3n) is 5.62. The van der Waals surface area contributed by atoms with Gasteiger partial charge >= 0.3 is 0 Å². The molecule has 0 aliphatic carbocycles. The van der Waals surface area contributed by atoms with Crippen LogP contribution < -0.4 is 9.64 Å². The maximum atomic E-state index is 14.5. The first kappa shape index (κ1) is 21.0. The average Bonchev–Trinajstić information content (AvgIpc) is 3.35. The molecular weight excluding hydrogens is 423 g/mol. The summed E-state index contributed by atoms with van der Waals surface area (Å²) in [4.78, 5) is 22.4. The quantitative estimate of drug-likeness (QED) is 0.463. The van der Waals surface area contributed by atoms with Gasteiger partial charge in [-0.1, -0.05) is 6.07 Å². The third kappa shape index (κ3) is 4.24. The van der Waals surface area contributed by atoms with Gasteiger partial charge in [0.25, 0.3) is 0 Å². The number of piperazine rings is 1. The zero-order chi connectivity index (χ0) is 22.8. The molecule has 0 saturated carbocycles. The first-order chi connectivity index (χ1) is 16.1. The Hall–Kier alpha value is -3.92. The molecule has 9 nitrogen and oxygen atoms in total. The Morgan fingerprint density at radius 2 is 1.79 bits per heavy atom. The van der Waals surface area contributed by atoms with Crippen LogP contribution in [0.3, 0.4) is 0 Å². The Balaban J connectivity index is 1.43. The van der Waals surface area contributed by atoms with Gasteiger partial charge in [0.2, 0.25) is 0 Å². The number of nitrogens with zero attached hydrogens (tertiary/aromatic N) is 8. The number of likely N-dealkylation sites (N-methyl/N-ethyl adjacent to an activating group) is 1. The largest absolute Gasteiger partial charge is 0.496 e. The Kier molecular flexibility index (Phi) is 5.66. The molecule has 0 amide bonds. The van der Waals surface area contributed by atoms with E-state index in [1.165, 1.54) is 13.2 Å². The summed E-state index contributed by atoms with van der Waals surface area (Å²) in [5.41, 5.74) is 1.58. The van der Waals surface area contributed by atoms with Crippen molar-refractivity contribution < 1.29 is 9.13 Å². The Bertz CT molecular complexity index is 1270. The van der Waals surface area contributed by atoms with Crippen molar-refractivity contribution in [3.63, 3.8) is 0 Å². The monoisotopic (exact) mass is 446 g/mol. The lowest BCUT2D eigenvalue weighted by molar-refractivity contribution is 0.312. The second-order valence-electron chi connectivity index (χ2n) is 7.78. The van der Waals surface area contributed by atoms with Gasteiger partial charge in [-0.15, -0.1) is 0 Å². The van der Waals surface area contributed by atoms with Gasteiger partial charge in [-0.25, -0.2) is 24.0 Å². The van der Waals surface area contributed by atoms with Gasteiger partial charge in [0.05, 0.1) is 37.0 Å². The molecule has 0 bridgehead atoms. The van der Waals surface area contributed by atoms with E-state index in [4.69, 9.17) is 9.72 Å². The maximum absolute atomic E-state index is 14.5. The molecule has 1 saturated heterocycles. The van der Waals surface area contributed by atoms with Crippen LogP contribution in [0, 0.1) is 5.82 Å². The highest BCUT2D eigenvalue weighted by atomic mass is 19.1. The Morgan fingerprint density at radius 1 is 0.970 bits per heavy atom. The van der Waals surface area contributed by atoms with E-state index < -0.39 is 5.82 Å². The molecule has 0 N–H and O–H groups in total. The van der Waals surface area contributed by atoms with Crippen LogP contribution in [0.1, 0.15) is 0 Å². The van der Waals surface area contributed by atoms with Gasteiger partial charge in [0.15, 0.2) is 11.6 Å². The molecule has 0 atom stereocenters. The van der Waals surface area contributed by atoms with Crippen molar-refractivity contribution >= 4 is 5.82 Å². The summed E-state index contributed by atoms with van der Waals surface area (Å²) in [6, 6.07) is 6.38. The van der Waals surface area contributed by atoms with E-state index in [1.807, 2.05) is 6.20 Å². The van der Waals surface area contributed by atoms with Crippen LogP contribution in [0.5, 0.6) is 5.75 Å². The van der Waals surface area contributed by atoms with E-state index in [2.05, 4.69) is 36.9 Å².